The summed E-state index contributed by atoms with van der Waals surface area (Å²) in [5.74, 6) is 1.94. The number of carbonyl (C=O) groups excluding carboxylic acids is 1. The zero-order valence-electron chi connectivity index (χ0n) is 15.4. The third-order valence-corrected chi connectivity index (χ3v) is 4.56. The molecular weight excluding hydrogens is 366 g/mol. The normalized spacial score (nSPS) is 10.5. The number of ether oxygens (including phenoxy) is 3. The second-order valence-electron chi connectivity index (χ2n) is 5.44. The number of hydrogen-bond acceptors (Lipinski definition) is 7. The molecule has 3 rings (SSSR count). The zero-order valence-corrected chi connectivity index (χ0v) is 16.2. The van der Waals surface area contributed by atoms with E-state index >= 15 is 0 Å². The van der Waals surface area contributed by atoms with E-state index in [0.29, 0.717) is 28.0 Å². The van der Waals surface area contributed by atoms with Gasteiger partial charge in [0, 0.05) is 11.1 Å². The first-order valence-corrected chi connectivity index (χ1v) is 9.26. The van der Waals surface area contributed by atoms with E-state index in [0.717, 1.165) is 11.3 Å². The van der Waals surface area contributed by atoms with E-state index in [1.807, 2.05) is 30.5 Å². The fourth-order valence-corrected chi connectivity index (χ4v) is 2.99. The molecule has 0 spiro atoms. The summed E-state index contributed by atoms with van der Waals surface area (Å²) in [6.45, 7) is 0. The number of hydrogen-bond donors (Lipinski definition) is 0. The van der Waals surface area contributed by atoms with E-state index < -0.39 is 0 Å². The Hall–Kier alpha value is -3.00. The van der Waals surface area contributed by atoms with Crippen molar-refractivity contribution in [3.05, 3.63) is 48.0 Å². The number of benzene rings is 2. The van der Waals surface area contributed by atoms with Crippen LogP contribution in [0.25, 0.3) is 11.4 Å². The molecule has 1 aromatic heterocycles. The molecule has 0 amide bonds. The maximum atomic E-state index is 13.0. The molecule has 0 aliphatic rings. The Morgan fingerprint density at radius 1 is 0.963 bits per heavy atom. The molecule has 0 radical (unpaired) electrons. The predicted molar refractivity (Wildman–Crippen MR) is 103 cm³/mol. The molecular formula is C19H19N3O4S. The van der Waals surface area contributed by atoms with Crippen molar-refractivity contribution in [3.8, 4) is 28.6 Å². The Kier molecular flexibility index (Phi) is 5.66. The van der Waals surface area contributed by atoms with Crippen LogP contribution >= 0.6 is 11.8 Å². The van der Waals surface area contributed by atoms with Gasteiger partial charge in [0.2, 0.25) is 0 Å². The summed E-state index contributed by atoms with van der Waals surface area (Å²) in [6.07, 6.45) is 1.85. The van der Waals surface area contributed by atoms with Crippen molar-refractivity contribution < 1.29 is 19.0 Å². The monoisotopic (exact) mass is 385 g/mol. The van der Waals surface area contributed by atoms with Gasteiger partial charge in [0.25, 0.3) is 5.91 Å². The molecule has 0 saturated carbocycles. The topological polar surface area (TPSA) is 75.5 Å². The van der Waals surface area contributed by atoms with Crippen LogP contribution < -0.4 is 14.2 Å². The van der Waals surface area contributed by atoms with Crippen LogP contribution in [0, 0.1) is 0 Å². The lowest BCUT2D eigenvalue weighted by atomic mass is 10.2. The van der Waals surface area contributed by atoms with Crippen LogP contribution in [0.2, 0.25) is 0 Å². The summed E-state index contributed by atoms with van der Waals surface area (Å²) in [5, 5.41) is 4.90. The van der Waals surface area contributed by atoms with Crippen LogP contribution in [-0.2, 0) is 0 Å². The van der Waals surface area contributed by atoms with Crippen LogP contribution in [0.4, 0.5) is 0 Å². The van der Waals surface area contributed by atoms with Gasteiger partial charge < -0.3 is 14.2 Å². The lowest BCUT2D eigenvalue weighted by Crippen LogP contribution is -2.15. The molecule has 0 unspecified atom stereocenters. The van der Waals surface area contributed by atoms with Gasteiger partial charge in [0.1, 0.15) is 5.75 Å². The SMILES string of the molecule is COc1ccc(-c2nc(SC)n(C(=O)c3ccc(OC)c(OC)c3)n2)cc1. The molecule has 0 bridgehead atoms. The number of thioether (sulfide) groups is 1. The van der Waals surface area contributed by atoms with Gasteiger partial charge in [-0.25, -0.2) is 4.98 Å². The lowest BCUT2D eigenvalue weighted by Gasteiger charge is -2.09. The van der Waals surface area contributed by atoms with Gasteiger partial charge in [-0.2, -0.15) is 4.68 Å². The maximum Gasteiger partial charge on any atom is 0.280 e. The van der Waals surface area contributed by atoms with Crippen molar-refractivity contribution in [1.29, 1.82) is 0 Å². The van der Waals surface area contributed by atoms with Gasteiger partial charge in [-0.3, -0.25) is 4.79 Å². The van der Waals surface area contributed by atoms with Crippen LogP contribution in [0.5, 0.6) is 17.2 Å². The maximum absolute atomic E-state index is 13.0. The quantitative estimate of drug-likeness (QED) is 0.602. The summed E-state index contributed by atoms with van der Waals surface area (Å²) in [4.78, 5) is 17.4. The Morgan fingerprint density at radius 3 is 2.26 bits per heavy atom. The number of methoxy groups -OCH3 is 3. The highest BCUT2D eigenvalue weighted by Gasteiger charge is 2.19. The van der Waals surface area contributed by atoms with Crippen molar-refractivity contribution in [2.45, 2.75) is 5.16 Å². The molecule has 0 atom stereocenters. The highest BCUT2D eigenvalue weighted by molar-refractivity contribution is 7.98. The van der Waals surface area contributed by atoms with Gasteiger partial charge in [-0.1, -0.05) is 11.8 Å². The summed E-state index contributed by atoms with van der Waals surface area (Å²) in [5.41, 5.74) is 1.22. The second-order valence-corrected chi connectivity index (χ2v) is 6.21. The fourth-order valence-electron chi connectivity index (χ4n) is 2.52. The first-order chi connectivity index (χ1) is 13.1. The molecule has 140 valence electrons. The minimum absolute atomic E-state index is 0.299. The minimum Gasteiger partial charge on any atom is -0.497 e. The number of aromatic nitrogens is 3. The minimum atomic E-state index is -0.299. The Bertz CT molecular complexity index is 954. The third kappa shape index (κ3) is 3.75. The Morgan fingerprint density at radius 2 is 1.67 bits per heavy atom. The van der Waals surface area contributed by atoms with Crippen molar-refractivity contribution in [2.75, 3.05) is 27.6 Å². The van der Waals surface area contributed by atoms with Crippen molar-refractivity contribution in [2.24, 2.45) is 0 Å². The number of rotatable bonds is 6. The van der Waals surface area contributed by atoms with Gasteiger partial charge >= 0.3 is 0 Å². The molecule has 0 aliphatic heterocycles. The van der Waals surface area contributed by atoms with Gasteiger partial charge in [-0.15, -0.1) is 5.10 Å². The van der Waals surface area contributed by atoms with Crippen LogP contribution in [0.3, 0.4) is 0 Å². The molecule has 3 aromatic rings. The summed E-state index contributed by atoms with van der Waals surface area (Å²) < 4.78 is 17.0. The zero-order chi connectivity index (χ0) is 19.4. The summed E-state index contributed by atoms with van der Waals surface area (Å²) in [6, 6.07) is 12.3. The Labute approximate surface area is 161 Å². The summed E-state index contributed by atoms with van der Waals surface area (Å²) in [7, 11) is 4.68. The largest absolute Gasteiger partial charge is 0.497 e. The van der Waals surface area contributed by atoms with E-state index in [4.69, 9.17) is 14.2 Å². The molecule has 2 aromatic carbocycles. The third-order valence-electron chi connectivity index (χ3n) is 3.93. The first kappa shape index (κ1) is 18.8. The van der Waals surface area contributed by atoms with Crippen molar-refractivity contribution in [1.82, 2.24) is 14.8 Å². The van der Waals surface area contributed by atoms with Crippen molar-refractivity contribution in [3.63, 3.8) is 0 Å². The standard InChI is InChI=1S/C19H19N3O4S/c1-24-14-8-5-12(6-9-14)17-20-19(27-4)22(21-17)18(23)13-7-10-15(25-2)16(11-13)26-3/h5-11H,1-4H3. The smallest absolute Gasteiger partial charge is 0.280 e. The van der Waals surface area contributed by atoms with E-state index in [1.165, 1.54) is 23.6 Å². The molecule has 7 nitrogen and oxygen atoms in total. The van der Waals surface area contributed by atoms with Gasteiger partial charge in [0.05, 0.1) is 21.3 Å². The highest BCUT2D eigenvalue weighted by atomic mass is 32.2. The first-order valence-electron chi connectivity index (χ1n) is 8.03. The number of carbonyl (C=O) groups is 1. The summed E-state index contributed by atoms with van der Waals surface area (Å²) >= 11 is 1.35. The molecule has 0 fully saturated rings. The van der Waals surface area contributed by atoms with E-state index in [1.54, 1.807) is 32.4 Å². The fraction of sp³-hybridized carbons (Fsp3) is 0.211. The second kappa shape index (κ2) is 8.13. The van der Waals surface area contributed by atoms with E-state index in [9.17, 15) is 4.79 Å². The molecule has 0 saturated heterocycles. The molecule has 0 N–H and O–H groups in total. The van der Waals surface area contributed by atoms with Crippen LogP contribution in [0.15, 0.2) is 47.6 Å². The lowest BCUT2D eigenvalue weighted by molar-refractivity contribution is 0.0933. The van der Waals surface area contributed by atoms with Crippen LogP contribution in [0.1, 0.15) is 10.4 Å². The Balaban J connectivity index is 1.98. The molecule has 27 heavy (non-hydrogen) atoms. The number of nitrogens with zero attached hydrogens (tertiary/aromatic N) is 3. The van der Waals surface area contributed by atoms with Crippen molar-refractivity contribution >= 4 is 17.7 Å². The average molecular weight is 385 g/mol. The predicted octanol–water partition coefficient (Wildman–Crippen LogP) is 3.38. The molecule has 1 heterocycles. The van der Waals surface area contributed by atoms with E-state index in [-0.39, 0.29) is 5.91 Å². The average Bonchev–Trinajstić information content (AvgIpc) is 3.17. The van der Waals surface area contributed by atoms with E-state index in [2.05, 4.69) is 10.1 Å². The molecule has 8 heteroatoms. The highest BCUT2D eigenvalue weighted by Crippen LogP contribution is 2.29. The van der Waals surface area contributed by atoms with Gasteiger partial charge in [0.15, 0.2) is 22.5 Å². The molecule has 0 aliphatic carbocycles. The van der Waals surface area contributed by atoms with Gasteiger partial charge in [-0.05, 0) is 48.7 Å². The van der Waals surface area contributed by atoms with Crippen LogP contribution in [-0.4, -0.2) is 48.3 Å².